The molecule has 0 unspecified atom stereocenters. The fourth-order valence-corrected chi connectivity index (χ4v) is 2.32. The summed E-state index contributed by atoms with van der Waals surface area (Å²) < 4.78 is 5.56. The van der Waals surface area contributed by atoms with Crippen LogP contribution in [0.1, 0.15) is 26.7 Å². The molecule has 4 heteroatoms. The molecule has 2 rings (SSSR count). The summed E-state index contributed by atoms with van der Waals surface area (Å²) in [5, 5.41) is 12.1. The molecule has 0 saturated heterocycles. The largest absolute Gasteiger partial charge is 0.494 e. The molecule has 0 aliphatic heterocycles. The molecule has 2 aromatic rings. The van der Waals surface area contributed by atoms with Gasteiger partial charge in [0, 0.05) is 23.7 Å². The van der Waals surface area contributed by atoms with Crippen molar-refractivity contribution in [2.45, 2.75) is 32.7 Å². The van der Waals surface area contributed by atoms with Gasteiger partial charge in [-0.2, -0.15) is 0 Å². The maximum Gasteiger partial charge on any atom is 0.303 e. The lowest BCUT2D eigenvalue weighted by Gasteiger charge is -2.15. The van der Waals surface area contributed by atoms with E-state index in [4.69, 9.17) is 9.84 Å². The molecule has 2 N–H and O–H groups in total. The van der Waals surface area contributed by atoms with Crippen LogP contribution in [0.2, 0.25) is 0 Å². The zero-order chi connectivity index (χ0) is 16.7. The first-order valence-corrected chi connectivity index (χ1v) is 7.87. The van der Waals surface area contributed by atoms with E-state index < -0.39 is 5.97 Å². The van der Waals surface area contributed by atoms with E-state index in [2.05, 4.69) is 31.3 Å². The molecule has 0 spiro atoms. The van der Waals surface area contributed by atoms with Gasteiger partial charge in [-0.3, -0.25) is 4.79 Å². The zero-order valence-electron chi connectivity index (χ0n) is 13.6. The molecule has 0 aliphatic carbocycles. The molecule has 0 bridgehead atoms. The summed E-state index contributed by atoms with van der Waals surface area (Å²) in [6, 6.07) is 16.5. The van der Waals surface area contributed by atoms with Gasteiger partial charge >= 0.3 is 5.97 Å². The Hall–Kier alpha value is -2.49. The van der Waals surface area contributed by atoms with Crippen molar-refractivity contribution in [1.82, 2.24) is 0 Å². The van der Waals surface area contributed by atoms with Crippen LogP contribution in [0.5, 0.6) is 5.75 Å². The highest BCUT2D eigenvalue weighted by atomic mass is 16.5. The highest BCUT2D eigenvalue weighted by Crippen LogP contribution is 2.29. The Balaban J connectivity index is 2.03. The summed E-state index contributed by atoms with van der Waals surface area (Å²) in [6.07, 6.45) is 0.643. The molecular formula is C19H23NO3. The van der Waals surface area contributed by atoms with Crippen molar-refractivity contribution in [2.24, 2.45) is 0 Å². The number of hydrogen-bond donors (Lipinski definition) is 2. The summed E-state index contributed by atoms with van der Waals surface area (Å²) in [6.45, 7) is 4.65. The van der Waals surface area contributed by atoms with E-state index in [1.165, 1.54) is 0 Å². The van der Waals surface area contributed by atoms with Crippen LogP contribution in [0.4, 0.5) is 5.69 Å². The molecule has 23 heavy (non-hydrogen) atoms. The summed E-state index contributed by atoms with van der Waals surface area (Å²) in [7, 11) is 0. The van der Waals surface area contributed by atoms with Crippen molar-refractivity contribution in [2.75, 3.05) is 11.9 Å². The standard InChI is InChI=1S/C19H23NO3/c1-14(2)20-18-7-4-3-6-17(18)15-9-11-16(12-10-15)23-13-5-8-19(21)22/h3-4,6-7,9-12,14,20H,5,8,13H2,1-2H3,(H,21,22). The number of carboxylic acid groups (broad SMARTS) is 1. The predicted octanol–water partition coefficient (Wildman–Crippen LogP) is 4.42. The highest BCUT2D eigenvalue weighted by molar-refractivity contribution is 5.78. The van der Waals surface area contributed by atoms with Crippen molar-refractivity contribution in [3.05, 3.63) is 48.5 Å². The number of para-hydroxylation sites is 1. The van der Waals surface area contributed by atoms with Crippen molar-refractivity contribution in [3.8, 4) is 16.9 Å². The Labute approximate surface area is 137 Å². The molecule has 0 heterocycles. The molecule has 4 nitrogen and oxygen atoms in total. The van der Waals surface area contributed by atoms with Gasteiger partial charge < -0.3 is 15.2 Å². The van der Waals surface area contributed by atoms with Crippen molar-refractivity contribution in [3.63, 3.8) is 0 Å². The molecule has 0 saturated carbocycles. The number of hydrogen-bond acceptors (Lipinski definition) is 3. The van der Waals surface area contributed by atoms with E-state index in [1.54, 1.807) is 0 Å². The topological polar surface area (TPSA) is 58.6 Å². The second-order valence-electron chi connectivity index (χ2n) is 5.71. The second kappa shape index (κ2) is 8.22. The highest BCUT2D eigenvalue weighted by Gasteiger charge is 2.06. The van der Waals surface area contributed by atoms with Gasteiger partial charge in [-0.15, -0.1) is 0 Å². The van der Waals surface area contributed by atoms with Gasteiger partial charge in [0.05, 0.1) is 6.61 Å². The van der Waals surface area contributed by atoms with Crippen LogP contribution in [0, 0.1) is 0 Å². The molecule has 0 aliphatic rings. The van der Waals surface area contributed by atoms with Gasteiger partial charge in [0.15, 0.2) is 0 Å². The second-order valence-corrected chi connectivity index (χ2v) is 5.71. The molecule has 0 fully saturated rings. The summed E-state index contributed by atoms with van der Waals surface area (Å²) in [5.74, 6) is -0.0355. The van der Waals surface area contributed by atoms with E-state index in [-0.39, 0.29) is 6.42 Å². The average Bonchev–Trinajstić information content (AvgIpc) is 2.52. The van der Waals surface area contributed by atoms with E-state index in [9.17, 15) is 4.79 Å². The maximum absolute atomic E-state index is 10.5. The fourth-order valence-electron chi connectivity index (χ4n) is 2.32. The van der Waals surface area contributed by atoms with Gasteiger partial charge in [0.1, 0.15) is 5.75 Å². The molecule has 0 aromatic heterocycles. The van der Waals surface area contributed by atoms with Crippen LogP contribution < -0.4 is 10.1 Å². The first kappa shape index (κ1) is 16.9. The van der Waals surface area contributed by atoms with Gasteiger partial charge in [0.2, 0.25) is 0 Å². The van der Waals surface area contributed by atoms with Crippen LogP contribution in [0.25, 0.3) is 11.1 Å². The summed E-state index contributed by atoms with van der Waals surface area (Å²) in [5.41, 5.74) is 3.38. The maximum atomic E-state index is 10.5. The van der Waals surface area contributed by atoms with Crippen LogP contribution in [-0.2, 0) is 4.79 Å². The number of carboxylic acids is 1. The Morgan fingerprint density at radius 3 is 2.48 bits per heavy atom. The first-order valence-electron chi connectivity index (χ1n) is 7.87. The monoisotopic (exact) mass is 313 g/mol. The summed E-state index contributed by atoms with van der Waals surface area (Å²) in [4.78, 5) is 10.5. The van der Waals surface area contributed by atoms with Gasteiger partial charge in [-0.05, 0) is 44.0 Å². The Kier molecular flexibility index (Phi) is 6.03. The van der Waals surface area contributed by atoms with Gasteiger partial charge in [-0.1, -0.05) is 30.3 Å². The number of carbonyl (C=O) groups is 1. The van der Waals surface area contributed by atoms with Crippen LogP contribution in [-0.4, -0.2) is 23.7 Å². The first-order chi connectivity index (χ1) is 11.1. The van der Waals surface area contributed by atoms with Crippen molar-refractivity contribution in [1.29, 1.82) is 0 Å². The lowest BCUT2D eigenvalue weighted by atomic mass is 10.0. The minimum atomic E-state index is -0.793. The number of ether oxygens (including phenoxy) is 1. The van der Waals surface area contributed by atoms with E-state index in [0.717, 1.165) is 22.6 Å². The Morgan fingerprint density at radius 2 is 1.83 bits per heavy atom. The van der Waals surface area contributed by atoms with E-state index in [0.29, 0.717) is 19.1 Å². The molecule has 122 valence electrons. The summed E-state index contributed by atoms with van der Waals surface area (Å²) >= 11 is 0. The number of nitrogens with one attached hydrogen (secondary N) is 1. The fraction of sp³-hybridized carbons (Fsp3) is 0.316. The van der Waals surface area contributed by atoms with E-state index in [1.807, 2.05) is 36.4 Å². The average molecular weight is 313 g/mol. The predicted molar refractivity (Wildman–Crippen MR) is 93.0 cm³/mol. The minimum Gasteiger partial charge on any atom is -0.494 e. The molecule has 0 radical (unpaired) electrons. The lowest BCUT2D eigenvalue weighted by Crippen LogP contribution is -2.10. The van der Waals surface area contributed by atoms with E-state index >= 15 is 0 Å². The lowest BCUT2D eigenvalue weighted by molar-refractivity contribution is -0.137. The van der Waals surface area contributed by atoms with Gasteiger partial charge in [-0.25, -0.2) is 0 Å². The molecule has 2 aromatic carbocycles. The van der Waals surface area contributed by atoms with Crippen LogP contribution in [0.3, 0.4) is 0 Å². The number of anilines is 1. The number of benzene rings is 2. The van der Waals surface area contributed by atoms with Crippen LogP contribution >= 0.6 is 0 Å². The number of rotatable bonds is 8. The third kappa shape index (κ3) is 5.33. The Bertz CT molecular complexity index is 635. The smallest absolute Gasteiger partial charge is 0.303 e. The normalized spacial score (nSPS) is 10.6. The third-order valence-corrected chi connectivity index (χ3v) is 3.34. The quantitative estimate of drug-likeness (QED) is 0.708. The van der Waals surface area contributed by atoms with Crippen LogP contribution in [0.15, 0.2) is 48.5 Å². The van der Waals surface area contributed by atoms with Crippen molar-refractivity contribution < 1.29 is 14.6 Å². The SMILES string of the molecule is CC(C)Nc1ccccc1-c1ccc(OCCCC(=O)O)cc1. The number of aliphatic carboxylic acids is 1. The Morgan fingerprint density at radius 1 is 1.13 bits per heavy atom. The molecule has 0 atom stereocenters. The van der Waals surface area contributed by atoms with Gasteiger partial charge in [0.25, 0.3) is 0 Å². The molecule has 0 amide bonds. The zero-order valence-corrected chi connectivity index (χ0v) is 13.6. The molecular weight excluding hydrogens is 290 g/mol. The third-order valence-electron chi connectivity index (χ3n) is 3.34. The van der Waals surface area contributed by atoms with Crippen molar-refractivity contribution >= 4 is 11.7 Å². The minimum absolute atomic E-state index is 0.131.